The Kier molecular flexibility index (Phi) is 6.37. The largest absolute Gasteiger partial charge is 0.393 e. The van der Waals surface area contributed by atoms with Gasteiger partial charge in [0.05, 0.1) is 16.7 Å². The number of amides is 1. The summed E-state index contributed by atoms with van der Waals surface area (Å²) in [5.74, 6) is -6.69. The van der Waals surface area contributed by atoms with E-state index >= 15 is 0 Å². The lowest BCUT2D eigenvalue weighted by atomic mass is 10.1. The number of rotatable bonds is 4. The average molecular weight is 467 g/mol. The third-order valence-corrected chi connectivity index (χ3v) is 6.74. The van der Waals surface area contributed by atoms with Crippen molar-refractivity contribution in [3.63, 3.8) is 0 Å². The van der Waals surface area contributed by atoms with Crippen LogP contribution in [0.2, 0.25) is 5.02 Å². The van der Waals surface area contributed by atoms with Gasteiger partial charge in [-0.05, 0) is 25.0 Å². The predicted molar refractivity (Wildman–Crippen MR) is 99.7 cm³/mol. The summed E-state index contributed by atoms with van der Waals surface area (Å²) in [6.07, 6.45) is -0.391. The predicted octanol–water partition coefficient (Wildman–Crippen LogP) is 3.29. The summed E-state index contributed by atoms with van der Waals surface area (Å²) in [5, 5.41) is 10.9. The molecule has 1 saturated heterocycles. The SMILES string of the molecule is O=C(Nc1cc(F)c(F)c(Cl)c1)c1cc(S(=O)(=O)N2CCC(O)CC2)c(F)cc1F. The number of hydrogen-bond acceptors (Lipinski definition) is 4. The van der Waals surface area contributed by atoms with E-state index in [0.717, 1.165) is 10.4 Å². The van der Waals surface area contributed by atoms with Crippen LogP contribution >= 0.6 is 11.6 Å². The van der Waals surface area contributed by atoms with Crippen molar-refractivity contribution in [1.29, 1.82) is 0 Å². The Labute approximate surface area is 174 Å². The van der Waals surface area contributed by atoms with Crippen molar-refractivity contribution >= 4 is 33.2 Å². The second-order valence-electron chi connectivity index (χ2n) is 6.61. The molecule has 1 aliphatic heterocycles. The smallest absolute Gasteiger partial charge is 0.258 e. The zero-order valence-corrected chi connectivity index (χ0v) is 16.7. The quantitative estimate of drug-likeness (QED) is 0.535. The van der Waals surface area contributed by atoms with Gasteiger partial charge in [0, 0.05) is 30.9 Å². The summed E-state index contributed by atoms with van der Waals surface area (Å²) >= 11 is 5.49. The van der Waals surface area contributed by atoms with Gasteiger partial charge in [0.15, 0.2) is 11.6 Å². The third kappa shape index (κ3) is 4.43. The van der Waals surface area contributed by atoms with Gasteiger partial charge < -0.3 is 10.4 Å². The lowest BCUT2D eigenvalue weighted by Crippen LogP contribution is -2.40. The molecule has 0 bridgehead atoms. The van der Waals surface area contributed by atoms with Gasteiger partial charge in [-0.15, -0.1) is 0 Å². The van der Waals surface area contributed by atoms with Crippen LogP contribution in [0.3, 0.4) is 0 Å². The lowest BCUT2D eigenvalue weighted by molar-refractivity contribution is 0.102. The second-order valence-corrected chi connectivity index (χ2v) is 8.92. The normalized spacial score (nSPS) is 15.9. The highest BCUT2D eigenvalue weighted by Gasteiger charge is 2.32. The minimum Gasteiger partial charge on any atom is -0.393 e. The molecule has 1 heterocycles. The highest BCUT2D eigenvalue weighted by molar-refractivity contribution is 7.89. The number of carbonyl (C=O) groups is 1. The number of carbonyl (C=O) groups excluding carboxylic acids is 1. The molecule has 0 radical (unpaired) electrons. The van der Waals surface area contributed by atoms with Crippen LogP contribution in [0.4, 0.5) is 23.2 Å². The van der Waals surface area contributed by atoms with Gasteiger partial charge in [-0.1, -0.05) is 11.6 Å². The Morgan fingerprint density at radius 3 is 2.27 bits per heavy atom. The van der Waals surface area contributed by atoms with Crippen LogP contribution in [0.15, 0.2) is 29.2 Å². The molecule has 0 saturated carbocycles. The van der Waals surface area contributed by atoms with Crippen molar-refractivity contribution in [2.24, 2.45) is 0 Å². The first-order valence-electron chi connectivity index (χ1n) is 8.64. The van der Waals surface area contributed by atoms with Crippen LogP contribution < -0.4 is 5.32 Å². The number of aliphatic hydroxyl groups is 1. The molecule has 0 aromatic heterocycles. The second kappa shape index (κ2) is 8.50. The maximum Gasteiger partial charge on any atom is 0.258 e. The van der Waals surface area contributed by atoms with Crippen molar-refractivity contribution < 1.29 is 35.9 Å². The van der Waals surface area contributed by atoms with Gasteiger partial charge in [-0.2, -0.15) is 4.31 Å². The molecule has 6 nitrogen and oxygen atoms in total. The molecule has 2 aromatic rings. The Balaban J connectivity index is 1.94. The van der Waals surface area contributed by atoms with Crippen LogP contribution in [0.5, 0.6) is 0 Å². The Hall–Kier alpha value is -2.21. The summed E-state index contributed by atoms with van der Waals surface area (Å²) < 4.78 is 81.5. The molecule has 1 fully saturated rings. The fraction of sp³-hybridized carbons (Fsp3) is 0.278. The van der Waals surface area contributed by atoms with Gasteiger partial charge in [0.25, 0.3) is 5.91 Å². The number of nitrogens with zero attached hydrogens (tertiary/aromatic N) is 1. The van der Waals surface area contributed by atoms with Crippen LogP contribution in [0.1, 0.15) is 23.2 Å². The van der Waals surface area contributed by atoms with E-state index in [1.54, 1.807) is 0 Å². The van der Waals surface area contributed by atoms with E-state index in [0.29, 0.717) is 12.1 Å². The summed E-state index contributed by atoms with van der Waals surface area (Å²) in [6.45, 7) is -0.148. The van der Waals surface area contributed by atoms with Crippen LogP contribution in [-0.4, -0.2) is 42.9 Å². The third-order valence-electron chi connectivity index (χ3n) is 4.55. The molecule has 0 spiro atoms. The minimum absolute atomic E-state index is 0.0742. The first-order chi connectivity index (χ1) is 14.0. The molecule has 30 heavy (non-hydrogen) atoms. The van der Waals surface area contributed by atoms with Crippen molar-refractivity contribution in [3.05, 3.63) is 58.1 Å². The van der Waals surface area contributed by atoms with E-state index in [2.05, 4.69) is 5.32 Å². The zero-order chi connectivity index (χ0) is 22.2. The van der Waals surface area contributed by atoms with E-state index < -0.39 is 60.8 Å². The molecule has 1 aliphatic rings. The van der Waals surface area contributed by atoms with E-state index in [1.807, 2.05) is 0 Å². The van der Waals surface area contributed by atoms with Crippen LogP contribution in [-0.2, 0) is 10.0 Å². The van der Waals surface area contributed by atoms with E-state index in [1.165, 1.54) is 0 Å². The van der Waals surface area contributed by atoms with Gasteiger partial charge >= 0.3 is 0 Å². The van der Waals surface area contributed by atoms with Gasteiger partial charge in [0.2, 0.25) is 10.0 Å². The first kappa shape index (κ1) is 22.5. The molecule has 3 rings (SSSR count). The Bertz CT molecular complexity index is 1080. The van der Waals surface area contributed by atoms with Crippen molar-refractivity contribution in [3.8, 4) is 0 Å². The molecule has 0 atom stereocenters. The van der Waals surface area contributed by atoms with Crippen molar-refractivity contribution in [2.45, 2.75) is 23.8 Å². The topological polar surface area (TPSA) is 86.7 Å². The summed E-state index contributed by atoms with van der Waals surface area (Å²) in [6, 6.07) is 2.24. The molecule has 2 aromatic carbocycles. The number of hydrogen-bond donors (Lipinski definition) is 2. The summed E-state index contributed by atoms with van der Waals surface area (Å²) in [4.78, 5) is 11.5. The van der Waals surface area contributed by atoms with Crippen molar-refractivity contribution in [2.75, 3.05) is 18.4 Å². The molecule has 1 amide bonds. The minimum atomic E-state index is -4.41. The molecular weight excluding hydrogens is 452 g/mol. The average Bonchev–Trinajstić information content (AvgIpc) is 2.66. The molecule has 162 valence electrons. The number of nitrogens with one attached hydrogen (secondary N) is 1. The van der Waals surface area contributed by atoms with Crippen molar-refractivity contribution in [1.82, 2.24) is 4.31 Å². The zero-order valence-electron chi connectivity index (χ0n) is 15.1. The summed E-state index contributed by atoms with van der Waals surface area (Å²) in [7, 11) is -4.41. The Morgan fingerprint density at radius 1 is 1.03 bits per heavy atom. The molecule has 12 heteroatoms. The van der Waals surface area contributed by atoms with Gasteiger partial charge in [-0.3, -0.25) is 4.79 Å². The fourth-order valence-electron chi connectivity index (χ4n) is 2.95. The van der Waals surface area contributed by atoms with E-state index in [9.17, 15) is 35.9 Å². The van der Waals surface area contributed by atoms with Crippen LogP contribution in [0, 0.1) is 23.3 Å². The number of anilines is 1. The van der Waals surface area contributed by atoms with E-state index in [4.69, 9.17) is 11.6 Å². The lowest BCUT2D eigenvalue weighted by Gasteiger charge is -2.29. The Morgan fingerprint density at radius 2 is 1.67 bits per heavy atom. The number of sulfonamides is 1. The number of benzene rings is 2. The number of piperidine rings is 1. The van der Waals surface area contributed by atoms with E-state index in [-0.39, 0.29) is 37.7 Å². The number of aliphatic hydroxyl groups excluding tert-OH is 1. The standard InChI is InChI=1S/C18H15ClF4N2O4S/c19-12-5-9(6-15(22)17(12)23)24-18(27)11-7-16(14(21)8-13(11)20)30(28,29)25-3-1-10(26)2-4-25/h5-8,10,26H,1-4H2,(H,24,27). The molecule has 0 unspecified atom stereocenters. The van der Waals surface area contributed by atoms with Gasteiger partial charge in [-0.25, -0.2) is 26.0 Å². The molecule has 2 N–H and O–H groups in total. The fourth-order valence-corrected chi connectivity index (χ4v) is 4.70. The monoisotopic (exact) mass is 466 g/mol. The maximum absolute atomic E-state index is 14.3. The highest BCUT2D eigenvalue weighted by Crippen LogP contribution is 2.27. The highest BCUT2D eigenvalue weighted by atomic mass is 35.5. The maximum atomic E-state index is 14.3. The van der Waals surface area contributed by atoms with Gasteiger partial charge in [0.1, 0.15) is 16.5 Å². The van der Waals surface area contributed by atoms with Crippen LogP contribution in [0.25, 0.3) is 0 Å². The first-order valence-corrected chi connectivity index (χ1v) is 10.5. The number of halogens is 5. The molecular formula is C18H15ClF4N2O4S. The molecule has 0 aliphatic carbocycles. The summed E-state index contributed by atoms with van der Waals surface area (Å²) in [5.41, 5.74) is -1.14.